The van der Waals surface area contributed by atoms with E-state index in [9.17, 15) is 18.0 Å². The predicted octanol–water partition coefficient (Wildman–Crippen LogP) is 3.85. The summed E-state index contributed by atoms with van der Waals surface area (Å²) in [6.07, 6.45) is -2.88. The van der Waals surface area contributed by atoms with E-state index in [1.165, 1.54) is 6.20 Å². The lowest BCUT2D eigenvalue weighted by molar-refractivity contribution is -0.143. The molecule has 1 fully saturated rings. The van der Waals surface area contributed by atoms with E-state index < -0.39 is 12.7 Å². The van der Waals surface area contributed by atoms with Gasteiger partial charge in [0.05, 0.1) is 5.69 Å². The molecule has 1 amide bonds. The lowest BCUT2D eigenvalue weighted by Gasteiger charge is -2.33. The summed E-state index contributed by atoms with van der Waals surface area (Å²) in [4.78, 5) is 25.5. The predicted molar refractivity (Wildman–Crippen MR) is 115 cm³/mol. The van der Waals surface area contributed by atoms with E-state index in [2.05, 4.69) is 15.1 Å². The summed E-state index contributed by atoms with van der Waals surface area (Å²) in [5, 5.41) is 2.65. The van der Waals surface area contributed by atoms with Gasteiger partial charge < -0.3 is 14.2 Å². The molecule has 0 radical (unpaired) electrons. The number of carbonyl (C=O) groups excluding carboxylic acids is 1. The minimum absolute atomic E-state index is 0.0923. The first kappa shape index (κ1) is 21.1. The van der Waals surface area contributed by atoms with Crippen molar-refractivity contribution in [2.45, 2.75) is 19.6 Å². The number of rotatable bonds is 4. The molecule has 33 heavy (non-hydrogen) atoms. The van der Waals surface area contributed by atoms with Crippen molar-refractivity contribution in [2.24, 2.45) is 0 Å². The molecule has 1 saturated heterocycles. The van der Waals surface area contributed by atoms with Gasteiger partial charge in [-0.1, -0.05) is 12.1 Å². The van der Waals surface area contributed by atoms with Crippen molar-refractivity contribution in [3.8, 4) is 11.3 Å². The van der Waals surface area contributed by atoms with Crippen LogP contribution >= 0.6 is 0 Å². The van der Waals surface area contributed by atoms with Gasteiger partial charge in [-0.25, -0.2) is 4.98 Å². The van der Waals surface area contributed by atoms with Crippen molar-refractivity contribution in [3.05, 3.63) is 53.9 Å². The van der Waals surface area contributed by atoms with Gasteiger partial charge in [-0.15, -0.1) is 0 Å². The van der Waals surface area contributed by atoms with Gasteiger partial charge in [0.15, 0.2) is 5.58 Å². The number of anilines is 1. The number of piperazine rings is 1. The van der Waals surface area contributed by atoms with Gasteiger partial charge in [-0.2, -0.15) is 18.2 Å². The highest BCUT2D eigenvalue weighted by Gasteiger charge is 2.29. The number of aromatic nitrogens is 4. The van der Waals surface area contributed by atoms with Crippen LogP contribution in [0.1, 0.15) is 16.1 Å². The van der Waals surface area contributed by atoms with Crippen LogP contribution in [0.2, 0.25) is 0 Å². The Morgan fingerprint density at radius 3 is 2.42 bits per heavy atom. The fourth-order valence-electron chi connectivity index (χ4n) is 3.84. The Hall–Kier alpha value is -3.76. The minimum atomic E-state index is -4.27. The zero-order valence-corrected chi connectivity index (χ0v) is 17.8. The number of nitrogens with one attached hydrogen (secondary N) is 1. The third-order valence-electron chi connectivity index (χ3n) is 5.56. The van der Waals surface area contributed by atoms with E-state index in [0.717, 1.165) is 15.9 Å². The molecule has 1 aliphatic heterocycles. The smallest absolute Gasteiger partial charge is 0.407 e. The summed E-state index contributed by atoms with van der Waals surface area (Å²) in [5.41, 5.74) is 3.89. The SMILES string of the molecule is Cc1ccc2oc(N3CCN(C(=O)c4ccc(-c5cn(CC(F)(F)F)[nH]5)cc4)CC3)nc2n1. The second-order valence-corrected chi connectivity index (χ2v) is 8.03. The van der Waals surface area contributed by atoms with Gasteiger partial charge in [-0.05, 0) is 31.2 Å². The van der Waals surface area contributed by atoms with Crippen LogP contribution in [-0.4, -0.2) is 62.9 Å². The fraction of sp³-hybridized carbons (Fsp3) is 0.318. The van der Waals surface area contributed by atoms with Gasteiger partial charge in [0.25, 0.3) is 11.9 Å². The third-order valence-corrected chi connectivity index (χ3v) is 5.56. The highest BCUT2D eigenvalue weighted by molar-refractivity contribution is 5.94. The monoisotopic (exact) mass is 458 g/mol. The molecule has 1 N–H and O–H groups in total. The molecular formula is C22H21F3N6O2. The summed E-state index contributed by atoms with van der Waals surface area (Å²) >= 11 is 0. The number of carbonyl (C=O) groups is 1. The summed E-state index contributed by atoms with van der Waals surface area (Å²) in [6.45, 7) is 3.05. The van der Waals surface area contributed by atoms with Crippen molar-refractivity contribution in [1.82, 2.24) is 24.6 Å². The Balaban J connectivity index is 1.19. The van der Waals surface area contributed by atoms with Gasteiger partial charge >= 0.3 is 6.18 Å². The van der Waals surface area contributed by atoms with Crippen LogP contribution < -0.4 is 4.90 Å². The van der Waals surface area contributed by atoms with Crippen LogP contribution in [0, 0.1) is 6.92 Å². The Bertz CT molecular complexity index is 1270. The standard InChI is InChI=1S/C22H21F3N6O2/c1-14-2-7-18-19(26-14)27-21(33-18)30-10-8-29(9-11-30)20(32)16-5-3-15(4-6-16)17-12-31(28-17)13-22(23,24)25/h2-7,12,28H,8-11,13H2,1H3. The molecule has 1 aromatic carbocycles. The number of amides is 1. The van der Waals surface area contributed by atoms with Gasteiger partial charge in [0.1, 0.15) is 6.54 Å². The van der Waals surface area contributed by atoms with Gasteiger partial charge in [-0.3, -0.25) is 14.6 Å². The van der Waals surface area contributed by atoms with Crippen LogP contribution in [0.3, 0.4) is 0 Å². The Morgan fingerprint density at radius 1 is 1.06 bits per heavy atom. The number of alkyl halides is 3. The molecule has 1 aliphatic rings. The van der Waals surface area contributed by atoms with E-state index in [1.807, 2.05) is 24.0 Å². The molecular weight excluding hydrogens is 437 g/mol. The van der Waals surface area contributed by atoms with Crippen LogP contribution in [0.5, 0.6) is 0 Å². The maximum absolute atomic E-state index is 12.9. The molecule has 4 heterocycles. The lowest BCUT2D eigenvalue weighted by Crippen LogP contribution is -2.48. The number of halogens is 3. The number of nitrogens with zero attached hydrogens (tertiary/aromatic N) is 5. The number of pyridine rings is 1. The van der Waals surface area contributed by atoms with E-state index in [-0.39, 0.29) is 5.91 Å². The van der Waals surface area contributed by atoms with E-state index >= 15 is 0 Å². The molecule has 8 nitrogen and oxygen atoms in total. The maximum Gasteiger partial charge on any atom is 0.407 e. The van der Waals surface area contributed by atoms with E-state index in [1.54, 1.807) is 29.2 Å². The third kappa shape index (κ3) is 4.43. The number of aromatic amines is 1. The van der Waals surface area contributed by atoms with Crippen LogP contribution in [0.15, 0.2) is 47.0 Å². The summed E-state index contributed by atoms with van der Waals surface area (Å²) in [6, 6.07) is 11.0. The first-order chi connectivity index (χ1) is 15.7. The summed E-state index contributed by atoms with van der Waals surface area (Å²) < 4.78 is 43.9. The zero-order valence-electron chi connectivity index (χ0n) is 17.8. The van der Waals surface area contributed by atoms with Crippen molar-refractivity contribution >= 4 is 23.2 Å². The normalized spacial score (nSPS) is 14.9. The second-order valence-electron chi connectivity index (χ2n) is 8.03. The highest BCUT2D eigenvalue weighted by atomic mass is 19.4. The number of aryl methyl sites for hydroxylation is 1. The summed E-state index contributed by atoms with van der Waals surface area (Å²) in [5.74, 6) is -0.0923. The quantitative estimate of drug-likeness (QED) is 0.502. The van der Waals surface area contributed by atoms with Crippen LogP contribution in [0.25, 0.3) is 22.5 Å². The maximum atomic E-state index is 12.9. The highest BCUT2D eigenvalue weighted by Crippen LogP contribution is 2.25. The Morgan fingerprint density at radius 2 is 1.76 bits per heavy atom. The molecule has 0 atom stereocenters. The van der Waals surface area contributed by atoms with E-state index in [4.69, 9.17) is 4.42 Å². The fourth-order valence-corrected chi connectivity index (χ4v) is 3.84. The van der Waals surface area contributed by atoms with Crippen LogP contribution in [-0.2, 0) is 6.54 Å². The van der Waals surface area contributed by atoms with Crippen LogP contribution in [0.4, 0.5) is 19.2 Å². The first-order valence-corrected chi connectivity index (χ1v) is 10.5. The molecule has 5 rings (SSSR count). The minimum Gasteiger partial charge on any atom is -0.422 e. The van der Waals surface area contributed by atoms with Crippen molar-refractivity contribution in [1.29, 1.82) is 0 Å². The average Bonchev–Trinajstić information content (AvgIpc) is 3.18. The van der Waals surface area contributed by atoms with Crippen molar-refractivity contribution in [2.75, 3.05) is 31.1 Å². The zero-order chi connectivity index (χ0) is 23.2. The Labute approximate surface area is 186 Å². The van der Waals surface area contributed by atoms with Gasteiger partial charge in [0.2, 0.25) is 5.65 Å². The second kappa shape index (κ2) is 7.98. The van der Waals surface area contributed by atoms with Crippen molar-refractivity contribution < 1.29 is 22.4 Å². The average molecular weight is 458 g/mol. The molecule has 11 heteroatoms. The topological polar surface area (TPSA) is 83.2 Å². The molecule has 172 valence electrons. The number of H-pyrrole nitrogens is 1. The number of oxazole rings is 1. The molecule has 0 aliphatic carbocycles. The molecule has 0 unspecified atom stereocenters. The number of hydrogen-bond acceptors (Lipinski definition) is 5. The number of benzene rings is 1. The summed E-state index contributed by atoms with van der Waals surface area (Å²) in [7, 11) is 0. The Kier molecular flexibility index (Phi) is 5.10. The molecule has 0 spiro atoms. The molecule has 0 saturated carbocycles. The lowest BCUT2D eigenvalue weighted by atomic mass is 10.1. The molecule has 3 aromatic heterocycles. The van der Waals surface area contributed by atoms with E-state index in [0.29, 0.717) is 54.7 Å². The number of hydrogen-bond donors (Lipinski definition) is 1. The molecule has 0 bridgehead atoms. The molecule has 4 aromatic rings. The van der Waals surface area contributed by atoms with Gasteiger partial charge in [0, 0.05) is 49.2 Å². The first-order valence-electron chi connectivity index (χ1n) is 10.5. The van der Waals surface area contributed by atoms with Crippen molar-refractivity contribution in [3.63, 3.8) is 0 Å². The largest absolute Gasteiger partial charge is 0.422 e. The number of fused-ring (bicyclic) bond motifs is 1.